The molecular weight excluding hydrogens is 280 g/mol. The summed E-state index contributed by atoms with van der Waals surface area (Å²) in [7, 11) is 0. The van der Waals surface area contributed by atoms with E-state index in [1.165, 1.54) is 5.52 Å². The van der Waals surface area contributed by atoms with Crippen molar-refractivity contribution in [2.24, 2.45) is 0 Å². The van der Waals surface area contributed by atoms with Crippen LogP contribution in [-0.4, -0.2) is 14.5 Å². The maximum absolute atomic E-state index is 4.78. The van der Waals surface area contributed by atoms with Crippen molar-refractivity contribution in [1.29, 1.82) is 0 Å². The predicted octanol–water partition coefficient (Wildman–Crippen LogP) is 3.67. The highest BCUT2D eigenvalue weighted by Crippen LogP contribution is 2.21. The first-order valence-corrected chi connectivity index (χ1v) is 8.16. The van der Waals surface area contributed by atoms with Crippen LogP contribution in [0.5, 0.6) is 0 Å². The number of nitrogens with one attached hydrogen (secondary N) is 1. The minimum atomic E-state index is 0.194. The van der Waals surface area contributed by atoms with E-state index in [0.717, 1.165) is 35.1 Å². The van der Waals surface area contributed by atoms with Gasteiger partial charge in [-0.15, -0.1) is 11.3 Å². The zero-order valence-corrected chi connectivity index (χ0v) is 13.4. The van der Waals surface area contributed by atoms with Gasteiger partial charge < -0.3 is 9.88 Å². The SMILES string of the molecule is CCn1c(C(C)NCc2csc(C)n2)nc2ccccc21. The highest BCUT2D eigenvalue weighted by molar-refractivity contribution is 7.09. The van der Waals surface area contributed by atoms with Crippen LogP contribution in [0.25, 0.3) is 11.0 Å². The van der Waals surface area contributed by atoms with Crippen molar-refractivity contribution in [3.63, 3.8) is 0 Å². The highest BCUT2D eigenvalue weighted by atomic mass is 32.1. The van der Waals surface area contributed by atoms with Gasteiger partial charge in [0.15, 0.2) is 0 Å². The molecule has 0 radical (unpaired) electrons. The van der Waals surface area contributed by atoms with Crippen molar-refractivity contribution in [3.05, 3.63) is 46.2 Å². The average Bonchev–Trinajstić information content (AvgIpc) is 3.07. The molecule has 0 fully saturated rings. The standard InChI is InChI=1S/C16H20N4S/c1-4-20-15-8-6-5-7-14(15)19-16(20)11(2)17-9-13-10-21-12(3)18-13/h5-8,10-11,17H,4,9H2,1-3H3. The summed E-state index contributed by atoms with van der Waals surface area (Å²) in [6.45, 7) is 8.06. The van der Waals surface area contributed by atoms with Crippen molar-refractivity contribution >= 4 is 22.4 Å². The van der Waals surface area contributed by atoms with Crippen molar-refractivity contribution in [3.8, 4) is 0 Å². The fourth-order valence-corrected chi connectivity index (χ4v) is 3.21. The second kappa shape index (κ2) is 5.95. The fraction of sp³-hybridized carbons (Fsp3) is 0.375. The molecule has 0 aliphatic heterocycles. The third-order valence-electron chi connectivity index (χ3n) is 3.64. The molecule has 0 spiro atoms. The van der Waals surface area contributed by atoms with Crippen LogP contribution in [0.15, 0.2) is 29.6 Å². The highest BCUT2D eigenvalue weighted by Gasteiger charge is 2.15. The molecule has 110 valence electrons. The molecule has 3 aromatic rings. The Balaban J connectivity index is 1.82. The summed E-state index contributed by atoms with van der Waals surface area (Å²) in [5, 5.41) is 6.75. The molecule has 0 aliphatic rings. The van der Waals surface area contributed by atoms with Gasteiger partial charge in [0.2, 0.25) is 0 Å². The topological polar surface area (TPSA) is 42.7 Å². The van der Waals surface area contributed by atoms with E-state index < -0.39 is 0 Å². The van der Waals surface area contributed by atoms with E-state index in [9.17, 15) is 0 Å². The molecule has 0 bridgehead atoms. The molecule has 0 saturated carbocycles. The lowest BCUT2D eigenvalue weighted by Crippen LogP contribution is -2.21. The van der Waals surface area contributed by atoms with Gasteiger partial charge in [0.05, 0.1) is 27.8 Å². The van der Waals surface area contributed by atoms with E-state index in [-0.39, 0.29) is 6.04 Å². The van der Waals surface area contributed by atoms with Gasteiger partial charge in [-0.3, -0.25) is 0 Å². The van der Waals surface area contributed by atoms with E-state index >= 15 is 0 Å². The number of imidazole rings is 1. The summed E-state index contributed by atoms with van der Waals surface area (Å²) in [4.78, 5) is 9.27. The predicted molar refractivity (Wildman–Crippen MR) is 87.5 cm³/mol. The number of hydrogen-bond donors (Lipinski definition) is 1. The first-order chi connectivity index (χ1) is 10.2. The summed E-state index contributed by atoms with van der Waals surface area (Å²) in [6, 6.07) is 8.50. The molecule has 0 amide bonds. The number of thiazole rings is 1. The van der Waals surface area contributed by atoms with E-state index in [4.69, 9.17) is 4.98 Å². The largest absolute Gasteiger partial charge is 0.327 e. The number of fused-ring (bicyclic) bond motifs is 1. The lowest BCUT2D eigenvalue weighted by Gasteiger charge is -2.14. The van der Waals surface area contributed by atoms with Gasteiger partial charge in [-0.05, 0) is 32.9 Å². The van der Waals surface area contributed by atoms with Crippen LogP contribution in [0, 0.1) is 6.92 Å². The van der Waals surface area contributed by atoms with E-state index in [1.807, 2.05) is 13.0 Å². The summed E-state index contributed by atoms with van der Waals surface area (Å²) in [5.41, 5.74) is 3.36. The molecule has 21 heavy (non-hydrogen) atoms. The van der Waals surface area contributed by atoms with Crippen molar-refractivity contribution in [2.45, 2.75) is 39.9 Å². The summed E-state index contributed by atoms with van der Waals surface area (Å²) in [5.74, 6) is 1.09. The van der Waals surface area contributed by atoms with Gasteiger partial charge >= 0.3 is 0 Å². The maximum atomic E-state index is 4.78. The normalized spacial score (nSPS) is 12.9. The molecule has 1 unspecified atom stereocenters. The quantitative estimate of drug-likeness (QED) is 0.781. The van der Waals surface area contributed by atoms with Crippen LogP contribution in [0.4, 0.5) is 0 Å². The van der Waals surface area contributed by atoms with Gasteiger partial charge in [-0.25, -0.2) is 9.97 Å². The molecule has 5 heteroatoms. The second-order valence-corrected chi connectivity index (χ2v) is 6.23. The lowest BCUT2D eigenvalue weighted by molar-refractivity contribution is 0.518. The Kier molecular flexibility index (Phi) is 4.03. The van der Waals surface area contributed by atoms with Crippen LogP contribution in [0.2, 0.25) is 0 Å². The third-order valence-corrected chi connectivity index (χ3v) is 4.47. The van der Waals surface area contributed by atoms with Crippen LogP contribution in [0.3, 0.4) is 0 Å². The number of aryl methyl sites for hydroxylation is 2. The molecule has 2 heterocycles. The maximum Gasteiger partial charge on any atom is 0.126 e. The van der Waals surface area contributed by atoms with Crippen LogP contribution >= 0.6 is 11.3 Å². The number of benzene rings is 1. The van der Waals surface area contributed by atoms with Crippen LogP contribution in [-0.2, 0) is 13.1 Å². The van der Waals surface area contributed by atoms with Crippen molar-refractivity contribution in [2.75, 3.05) is 0 Å². The number of aromatic nitrogens is 3. The average molecular weight is 300 g/mol. The molecule has 1 aromatic carbocycles. The van der Waals surface area contributed by atoms with E-state index in [0.29, 0.717) is 0 Å². The summed E-state index contributed by atoms with van der Waals surface area (Å²) in [6.07, 6.45) is 0. The summed E-state index contributed by atoms with van der Waals surface area (Å²) < 4.78 is 2.28. The Morgan fingerprint density at radius 3 is 2.81 bits per heavy atom. The smallest absolute Gasteiger partial charge is 0.126 e. The zero-order valence-electron chi connectivity index (χ0n) is 12.6. The van der Waals surface area contributed by atoms with Gasteiger partial charge in [-0.2, -0.15) is 0 Å². The Labute approximate surface area is 128 Å². The molecular formula is C16H20N4S. The minimum Gasteiger partial charge on any atom is -0.327 e. The molecule has 1 N–H and O–H groups in total. The number of hydrogen-bond acceptors (Lipinski definition) is 4. The zero-order chi connectivity index (χ0) is 14.8. The molecule has 1 atom stereocenters. The monoisotopic (exact) mass is 300 g/mol. The number of nitrogens with zero attached hydrogens (tertiary/aromatic N) is 3. The molecule has 3 rings (SSSR count). The second-order valence-electron chi connectivity index (χ2n) is 5.16. The summed E-state index contributed by atoms with van der Waals surface area (Å²) >= 11 is 1.69. The lowest BCUT2D eigenvalue weighted by atomic mass is 10.3. The molecule has 0 saturated heterocycles. The Morgan fingerprint density at radius 1 is 1.29 bits per heavy atom. The Bertz CT molecular complexity index is 744. The molecule has 4 nitrogen and oxygen atoms in total. The van der Waals surface area contributed by atoms with Crippen molar-refractivity contribution in [1.82, 2.24) is 19.9 Å². The van der Waals surface area contributed by atoms with Crippen molar-refractivity contribution < 1.29 is 0 Å². The van der Waals surface area contributed by atoms with E-state index in [2.05, 4.69) is 52.3 Å². The first kappa shape index (κ1) is 14.2. The minimum absolute atomic E-state index is 0.194. The molecule has 2 aromatic heterocycles. The van der Waals surface area contributed by atoms with Gasteiger partial charge in [-0.1, -0.05) is 12.1 Å². The van der Waals surface area contributed by atoms with Crippen LogP contribution in [0.1, 0.15) is 36.4 Å². The Hall–Kier alpha value is -1.72. The fourth-order valence-electron chi connectivity index (χ4n) is 2.60. The van der Waals surface area contributed by atoms with E-state index in [1.54, 1.807) is 11.3 Å². The first-order valence-electron chi connectivity index (χ1n) is 7.28. The third kappa shape index (κ3) is 2.84. The number of rotatable bonds is 5. The Morgan fingerprint density at radius 2 is 2.10 bits per heavy atom. The molecule has 0 aliphatic carbocycles. The van der Waals surface area contributed by atoms with Crippen LogP contribution < -0.4 is 5.32 Å². The number of para-hydroxylation sites is 2. The van der Waals surface area contributed by atoms with Gasteiger partial charge in [0.1, 0.15) is 5.82 Å². The van der Waals surface area contributed by atoms with Gasteiger partial charge in [0, 0.05) is 18.5 Å². The van der Waals surface area contributed by atoms with Gasteiger partial charge in [0.25, 0.3) is 0 Å².